The molecule has 0 aromatic carbocycles. The lowest BCUT2D eigenvalue weighted by Gasteiger charge is -2.26. The summed E-state index contributed by atoms with van der Waals surface area (Å²) in [6.45, 7) is 5.35. The molecule has 1 saturated heterocycles. The highest BCUT2D eigenvalue weighted by molar-refractivity contribution is 5.66. The Balaban J connectivity index is 1.68. The number of morpholine rings is 1. The van der Waals surface area contributed by atoms with Gasteiger partial charge in [0.1, 0.15) is 0 Å². The van der Waals surface area contributed by atoms with Crippen LogP contribution in [0.4, 0.5) is 0 Å². The van der Waals surface area contributed by atoms with E-state index in [1.54, 1.807) is 0 Å². The number of aliphatic carboxylic acids is 1. The van der Waals surface area contributed by atoms with Crippen molar-refractivity contribution < 1.29 is 14.6 Å². The van der Waals surface area contributed by atoms with Crippen molar-refractivity contribution in [2.75, 3.05) is 32.8 Å². The zero-order valence-electron chi connectivity index (χ0n) is 15.6. The molecule has 142 valence electrons. The first-order valence-corrected chi connectivity index (χ1v) is 10.3. The van der Waals surface area contributed by atoms with Gasteiger partial charge in [-0.05, 0) is 19.4 Å². The molecule has 0 aromatic heterocycles. The van der Waals surface area contributed by atoms with Crippen LogP contribution in [-0.2, 0) is 9.53 Å². The topological polar surface area (TPSA) is 49.8 Å². The maximum atomic E-state index is 10.4. The Morgan fingerprint density at radius 3 is 1.58 bits per heavy atom. The van der Waals surface area contributed by atoms with E-state index in [2.05, 4.69) is 4.90 Å². The van der Waals surface area contributed by atoms with Crippen LogP contribution in [0.2, 0.25) is 0 Å². The van der Waals surface area contributed by atoms with Gasteiger partial charge in [0.05, 0.1) is 13.2 Å². The van der Waals surface area contributed by atoms with E-state index in [4.69, 9.17) is 9.84 Å². The van der Waals surface area contributed by atoms with Gasteiger partial charge in [-0.25, -0.2) is 0 Å². The average molecular weight is 342 g/mol. The summed E-state index contributed by atoms with van der Waals surface area (Å²) in [7, 11) is 0. The maximum Gasteiger partial charge on any atom is 0.303 e. The largest absolute Gasteiger partial charge is 0.481 e. The summed E-state index contributed by atoms with van der Waals surface area (Å²) in [4.78, 5) is 12.9. The molecule has 0 radical (unpaired) electrons. The lowest BCUT2D eigenvalue weighted by atomic mass is 10.0. The van der Waals surface area contributed by atoms with Crippen molar-refractivity contribution in [2.24, 2.45) is 0 Å². The van der Waals surface area contributed by atoms with Gasteiger partial charge in [0, 0.05) is 19.5 Å². The Labute approximate surface area is 148 Å². The second kappa shape index (κ2) is 15.9. The number of hydrogen-bond acceptors (Lipinski definition) is 3. The quantitative estimate of drug-likeness (QED) is 0.407. The Morgan fingerprint density at radius 2 is 1.12 bits per heavy atom. The fourth-order valence-corrected chi connectivity index (χ4v) is 3.38. The van der Waals surface area contributed by atoms with Gasteiger partial charge in [-0.15, -0.1) is 0 Å². The highest BCUT2D eigenvalue weighted by atomic mass is 16.5. The molecule has 0 spiro atoms. The number of ether oxygens (including phenoxy) is 1. The van der Waals surface area contributed by atoms with Gasteiger partial charge in [-0.2, -0.15) is 0 Å². The van der Waals surface area contributed by atoms with E-state index in [-0.39, 0.29) is 0 Å². The molecule has 1 rings (SSSR count). The van der Waals surface area contributed by atoms with E-state index in [0.717, 1.165) is 39.1 Å². The molecule has 1 aliphatic heterocycles. The fourth-order valence-electron chi connectivity index (χ4n) is 3.38. The maximum absolute atomic E-state index is 10.4. The molecular formula is C20H39NO3. The van der Waals surface area contributed by atoms with Crippen LogP contribution in [-0.4, -0.2) is 48.8 Å². The summed E-state index contributed by atoms with van der Waals surface area (Å²) in [5, 5.41) is 8.56. The van der Waals surface area contributed by atoms with Gasteiger partial charge in [0.25, 0.3) is 0 Å². The van der Waals surface area contributed by atoms with Gasteiger partial charge in [0.15, 0.2) is 0 Å². The SMILES string of the molecule is O=C(O)CCCCCCCCCCCCCCCN1CCOCC1. The number of rotatable bonds is 16. The number of unbranched alkanes of at least 4 members (excludes halogenated alkanes) is 12. The molecule has 0 aliphatic carbocycles. The second-order valence-electron chi connectivity index (χ2n) is 7.19. The van der Waals surface area contributed by atoms with Gasteiger partial charge in [-0.3, -0.25) is 9.69 Å². The molecule has 24 heavy (non-hydrogen) atoms. The van der Waals surface area contributed by atoms with Gasteiger partial charge in [0.2, 0.25) is 0 Å². The predicted octanol–water partition coefficient (Wildman–Crippen LogP) is 4.86. The first kappa shape index (κ1) is 21.4. The van der Waals surface area contributed by atoms with Crippen molar-refractivity contribution in [3.8, 4) is 0 Å². The van der Waals surface area contributed by atoms with Crippen LogP contribution in [0.3, 0.4) is 0 Å². The van der Waals surface area contributed by atoms with Crippen LogP contribution < -0.4 is 0 Å². The number of carbonyl (C=O) groups is 1. The molecule has 1 N–H and O–H groups in total. The van der Waals surface area contributed by atoms with Crippen molar-refractivity contribution in [1.82, 2.24) is 4.90 Å². The number of hydrogen-bond donors (Lipinski definition) is 1. The molecule has 0 unspecified atom stereocenters. The molecule has 0 bridgehead atoms. The zero-order chi connectivity index (χ0) is 17.3. The van der Waals surface area contributed by atoms with Crippen LogP contribution >= 0.6 is 0 Å². The smallest absolute Gasteiger partial charge is 0.303 e. The van der Waals surface area contributed by atoms with Crippen LogP contribution in [0, 0.1) is 0 Å². The molecule has 4 heteroatoms. The summed E-state index contributed by atoms with van der Waals surface area (Å²) in [5.74, 6) is -0.656. The molecule has 0 saturated carbocycles. The van der Waals surface area contributed by atoms with E-state index in [0.29, 0.717) is 6.42 Å². The highest BCUT2D eigenvalue weighted by Gasteiger charge is 2.08. The minimum Gasteiger partial charge on any atom is -0.481 e. The molecule has 1 fully saturated rings. The van der Waals surface area contributed by atoms with E-state index in [9.17, 15) is 4.79 Å². The molecular weight excluding hydrogens is 302 g/mol. The second-order valence-corrected chi connectivity index (χ2v) is 7.19. The van der Waals surface area contributed by atoms with Gasteiger partial charge in [-0.1, -0.05) is 70.6 Å². The lowest BCUT2D eigenvalue weighted by molar-refractivity contribution is -0.137. The van der Waals surface area contributed by atoms with Crippen molar-refractivity contribution in [3.63, 3.8) is 0 Å². The third-order valence-corrected chi connectivity index (χ3v) is 4.97. The summed E-state index contributed by atoms with van der Waals surface area (Å²) >= 11 is 0. The van der Waals surface area contributed by atoms with E-state index in [1.807, 2.05) is 0 Å². The normalized spacial score (nSPS) is 15.7. The molecule has 1 aliphatic rings. The van der Waals surface area contributed by atoms with Crippen LogP contribution in [0.5, 0.6) is 0 Å². The van der Waals surface area contributed by atoms with Crippen molar-refractivity contribution in [3.05, 3.63) is 0 Å². The number of carboxylic acids is 1. The minimum absolute atomic E-state index is 0.340. The van der Waals surface area contributed by atoms with E-state index < -0.39 is 5.97 Å². The first-order valence-electron chi connectivity index (χ1n) is 10.3. The zero-order valence-corrected chi connectivity index (χ0v) is 15.6. The van der Waals surface area contributed by atoms with Crippen LogP contribution in [0.25, 0.3) is 0 Å². The van der Waals surface area contributed by atoms with Gasteiger partial charge < -0.3 is 9.84 Å². The molecule has 0 amide bonds. The van der Waals surface area contributed by atoms with Gasteiger partial charge >= 0.3 is 5.97 Å². The third kappa shape index (κ3) is 13.8. The van der Waals surface area contributed by atoms with E-state index >= 15 is 0 Å². The molecule has 0 aromatic rings. The Morgan fingerprint density at radius 1 is 0.708 bits per heavy atom. The van der Waals surface area contributed by atoms with Crippen molar-refractivity contribution in [1.29, 1.82) is 0 Å². The third-order valence-electron chi connectivity index (χ3n) is 4.97. The molecule has 1 heterocycles. The first-order chi connectivity index (χ1) is 11.8. The Kier molecular flexibility index (Phi) is 14.2. The van der Waals surface area contributed by atoms with Crippen molar-refractivity contribution >= 4 is 5.97 Å². The van der Waals surface area contributed by atoms with Crippen molar-refractivity contribution in [2.45, 2.75) is 89.9 Å². The summed E-state index contributed by atoms with van der Waals surface area (Å²) in [6.07, 6.45) is 17.1. The molecule has 0 atom stereocenters. The van der Waals surface area contributed by atoms with E-state index in [1.165, 1.54) is 77.2 Å². The fraction of sp³-hybridized carbons (Fsp3) is 0.950. The number of nitrogens with zero attached hydrogens (tertiary/aromatic N) is 1. The predicted molar refractivity (Wildman–Crippen MR) is 99.5 cm³/mol. The minimum atomic E-state index is -0.656. The summed E-state index contributed by atoms with van der Waals surface area (Å²) < 4.78 is 5.37. The lowest BCUT2D eigenvalue weighted by Crippen LogP contribution is -2.36. The average Bonchev–Trinajstić information content (AvgIpc) is 2.59. The van der Waals surface area contributed by atoms with Crippen LogP contribution in [0.15, 0.2) is 0 Å². The summed E-state index contributed by atoms with van der Waals surface area (Å²) in [6, 6.07) is 0. The molecule has 4 nitrogen and oxygen atoms in total. The standard InChI is InChI=1S/C20H39NO3/c22-20(23)14-12-10-8-6-4-2-1-3-5-7-9-11-13-15-21-16-18-24-19-17-21/h1-19H2,(H,22,23). The Hall–Kier alpha value is -0.610. The Bertz CT molecular complexity index is 291. The highest BCUT2D eigenvalue weighted by Crippen LogP contribution is 2.13. The van der Waals surface area contributed by atoms with Crippen LogP contribution in [0.1, 0.15) is 89.9 Å². The monoisotopic (exact) mass is 341 g/mol. The summed E-state index contributed by atoms with van der Waals surface area (Å²) in [5.41, 5.74) is 0. The number of carboxylic acid groups (broad SMARTS) is 1.